The molecular weight excluding hydrogens is 466 g/mol. The lowest BCUT2D eigenvalue weighted by Gasteiger charge is -2.11. The van der Waals surface area contributed by atoms with Gasteiger partial charge in [0.25, 0.3) is 5.56 Å². The summed E-state index contributed by atoms with van der Waals surface area (Å²) < 4.78 is 12.3. The third-order valence-electron chi connectivity index (χ3n) is 5.79. The summed E-state index contributed by atoms with van der Waals surface area (Å²) in [5, 5.41) is 4.95. The van der Waals surface area contributed by atoms with Crippen LogP contribution in [0, 0.1) is 6.92 Å². The fourth-order valence-corrected chi connectivity index (χ4v) is 3.83. The zero-order chi connectivity index (χ0) is 25.8. The summed E-state index contributed by atoms with van der Waals surface area (Å²) in [6.45, 7) is 1.95. The van der Waals surface area contributed by atoms with E-state index in [-0.39, 0.29) is 11.3 Å². The molecular formula is C30H23N3O4. The van der Waals surface area contributed by atoms with E-state index in [0.717, 1.165) is 11.1 Å². The van der Waals surface area contributed by atoms with E-state index in [1.54, 1.807) is 54.7 Å². The molecule has 182 valence electrons. The van der Waals surface area contributed by atoms with Crippen LogP contribution in [0.2, 0.25) is 0 Å². The Morgan fingerprint density at radius 2 is 1.62 bits per heavy atom. The van der Waals surface area contributed by atoms with Crippen molar-refractivity contribution in [1.82, 2.24) is 9.66 Å². The Morgan fingerprint density at radius 1 is 0.892 bits per heavy atom. The Bertz CT molecular complexity index is 1670. The second kappa shape index (κ2) is 10.3. The largest absolute Gasteiger partial charge is 0.493 e. The van der Waals surface area contributed by atoms with Gasteiger partial charge in [-0.15, -0.1) is 0 Å². The third-order valence-corrected chi connectivity index (χ3v) is 5.79. The number of benzene rings is 4. The van der Waals surface area contributed by atoms with Crippen molar-refractivity contribution < 1.29 is 14.3 Å². The van der Waals surface area contributed by atoms with Crippen molar-refractivity contribution in [2.75, 3.05) is 7.11 Å². The molecule has 1 heterocycles. The fraction of sp³-hybridized carbons (Fsp3) is 0.0667. The van der Waals surface area contributed by atoms with Crippen LogP contribution in [0.25, 0.3) is 22.3 Å². The molecule has 0 unspecified atom stereocenters. The predicted molar refractivity (Wildman–Crippen MR) is 144 cm³/mol. The maximum Gasteiger partial charge on any atom is 0.343 e. The number of rotatable bonds is 6. The Kier molecular flexibility index (Phi) is 6.59. The van der Waals surface area contributed by atoms with E-state index in [1.165, 1.54) is 11.8 Å². The van der Waals surface area contributed by atoms with Gasteiger partial charge < -0.3 is 9.47 Å². The second-order valence-electron chi connectivity index (χ2n) is 8.35. The Hall–Kier alpha value is -5.04. The molecule has 0 N–H and O–H groups in total. The molecule has 37 heavy (non-hydrogen) atoms. The SMILES string of the molecule is COc1cc(C=Nn2c(-c3ccccc3)nc3ccccc3c2=O)ccc1OC(=O)c1ccc(C)cc1. The first-order valence-electron chi connectivity index (χ1n) is 11.6. The van der Waals surface area contributed by atoms with Gasteiger partial charge in [0.1, 0.15) is 0 Å². The molecule has 1 aromatic heterocycles. The number of aryl methyl sites for hydroxylation is 1. The fourth-order valence-electron chi connectivity index (χ4n) is 3.83. The van der Waals surface area contributed by atoms with Crippen molar-refractivity contribution in [3.8, 4) is 22.9 Å². The average Bonchev–Trinajstić information content (AvgIpc) is 2.94. The van der Waals surface area contributed by atoms with Crippen LogP contribution in [0.1, 0.15) is 21.5 Å². The van der Waals surface area contributed by atoms with Gasteiger partial charge in [-0.3, -0.25) is 4.79 Å². The van der Waals surface area contributed by atoms with Gasteiger partial charge in [-0.2, -0.15) is 9.78 Å². The van der Waals surface area contributed by atoms with Crippen LogP contribution < -0.4 is 15.0 Å². The summed E-state index contributed by atoms with van der Waals surface area (Å²) in [5.74, 6) is 0.577. The summed E-state index contributed by atoms with van der Waals surface area (Å²) in [6.07, 6.45) is 1.54. The zero-order valence-corrected chi connectivity index (χ0v) is 20.3. The smallest absolute Gasteiger partial charge is 0.343 e. The highest BCUT2D eigenvalue weighted by Crippen LogP contribution is 2.28. The molecule has 0 spiro atoms. The number of ether oxygens (including phenoxy) is 2. The topological polar surface area (TPSA) is 82.8 Å². The third kappa shape index (κ3) is 5.01. The monoisotopic (exact) mass is 489 g/mol. The van der Waals surface area contributed by atoms with Gasteiger partial charge in [-0.25, -0.2) is 9.78 Å². The standard InChI is InChI=1S/C30H23N3O4/c1-20-12-15-23(16-13-20)30(35)37-26-17-14-21(18-27(26)36-2)19-31-33-28(22-8-4-3-5-9-22)32-25-11-7-6-10-24(25)29(33)34/h3-19H,1-2H3. The van der Waals surface area contributed by atoms with E-state index in [9.17, 15) is 9.59 Å². The molecule has 5 aromatic rings. The highest BCUT2D eigenvalue weighted by Gasteiger charge is 2.14. The number of para-hydroxylation sites is 1. The minimum absolute atomic E-state index is 0.278. The minimum Gasteiger partial charge on any atom is -0.493 e. The number of hydrogen-bond acceptors (Lipinski definition) is 6. The molecule has 0 bridgehead atoms. The molecule has 0 aliphatic carbocycles. The predicted octanol–water partition coefficient (Wildman–Crippen LogP) is 5.48. The zero-order valence-electron chi connectivity index (χ0n) is 20.3. The molecule has 0 saturated carbocycles. The maximum atomic E-state index is 13.3. The van der Waals surface area contributed by atoms with Crippen molar-refractivity contribution in [2.45, 2.75) is 6.92 Å². The van der Waals surface area contributed by atoms with Crippen molar-refractivity contribution in [1.29, 1.82) is 0 Å². The lowest BCUT2D eigenvalue weighted by Crippen LogP contribution is -2.20. The molecule has 0 atom stereocenters. The molecule has 0 fully saturated rings. The van der Waals surface area contributed by atoms with Crippen LogP contribution in [0.5, 0.6) is 11.5 Å². The number of carbonyl (C=O) groups is 1. The van der Waals surface area contributed by atoms with Crippen LogP contribution in [0.4, 0.5) is 0 Å². The molecule has 4 aromatic carbocycles. The van der Waals surface area contributed by atoms with Crippen molar-refractivity contribution in [2.24, 2.45) is 5.10 Å². The molecule has 0 aliphatic heterocycles. The van der Waals surface area contributed by atoms with Crippen LogP contribution in [0.15, 0.2) is 107 Å². The van der Waals surface area contributed by atoms with Crippen molar-refractivity contribution in [3.63, 3.8) is 0 Å². The molecule has 0 amide bonds. The molecule has 0 aliphatic rings. The van der Waals surface area contributed by atoms with Crippen molar-refractivity contribution >= 4 is 23.1 Å². The maximum absolute atomic E-state index is 13.3. The summed E-state index contributed by atoms with van der Waals surface area (Å²) in [4.78, 5) is 30.6. The van der Waals surface area contributed by atoms with E-state index < -0.39 is 5.97 Å². The highest BCUT2D eigenvalue weighted by atomic mass is 16.6. The summed E-state index contributed by atoms with van der Waals surface area (Å²) in [6, 6.07) is 28.8. The minimum atomic E-state index is -0.485. The molecule has 0 radical (unpaired) electrons. The van der Waals surface area contributed by atoms with Crippen LogP contribution in [0.3, 0.4) is 0 Å². The van der Waals surface area contributed by atoms with Gasteiger partial charge >= 0.3 is 5.97 Å². The number of aromatic nitrogens is 2. The van der Waals surface area contributed by atoms with E-state index in [1.807, 2.05) is 55.5 Å². The van der Waals surface area contributed by atoms with Gasteiger partial charge in [0, 0.05) is 5.56 Å². The number of nitrogens with zero attached hydrogens (tertiary/aromatic N) is 3. The Morgan fingerprint density at radius 3 is 2.38 bits per heavy atom. The summed E-state index contributed by atoms with van der Waals surface area (Å²) >= 11 is 0. The van der Waals surface area contributed by atoms with Crippen LogP contribution in [-0.4, -0.2) is 29.0 Å². The Balaban J connectivity index is 1.49. The van der Waals surface area contributed by atoms with Crippen molar-refractivity contribution in [3.05, 3.63) is 124 Å². The molecule has 0 saturated heterocycles. The first kappa shape index (κ1) is 23.7. The van der Waals surface area contributed by atoms with Gasteiger partial charge in [0.05, 0.1) is 29.8 Å². The first-order chi connectivity index (χ1) is 18.0. The molecule has 7 nitrogen and oxygen atoms in total. The second-order valence-corrected chi connectivity index (χ2v) is 8.35. The Labute approximate surface area is 213 Å². The van der Waals surface area contributed by atoms with Gasteiger partial charge in [-0.05, 0) is 55.0 Å². The number of hydrogen-bond donors (Lipinski definition) is 0. The van der Waals surface area contributed by atoms with E-state index >= 15 is 0 Å². The van der Waals surface area contributed by atoms with Crippen LogP contribution >= 0.6 is 0 Å². The number of fused-ring (bicyclic) bond motifs is 1. The molecule has 5 rings (SSSR count). The lowest BCUT2D eigenvalue weighted by atomic mass is 10.1. The summed E-state index contributed by atoms with van der Waals surface area (Å²) in [7, 11) is 1.49. The van der Waals surface area contributed by atoms with E-state index in [4.69, 9.17) is 14.5 Å². The van der Waals surface area contributed by atoms with Crippen LogP contribution in [-0.2, 0) is 0 Å². The first-order valence-corrected chi connectivity index (χ1v) is 11.6. The molecule has 7 heteroatoms. The van der Waals surface area contributed by atoms with Gasteiger partial charge in [0.2, 0.25) is 0 Å². The normalized spacial score (nSPS) is 11.1. The van der Waals surface area contributed by atoms with E-state index in [0.29, 0.717) is 33.6 Å². The lowest BCUT2D eigenvalue weighted by molar-refractivity contribution is 0.0729. The van der Waals surface area contributed by atoms with Gasteiger partial charge in [-0.1, -0.05) is 60.2 Å². The number of methoxy groups -OCH3 is 1. The number of esters is 1. The number of carbonyl (C=O) groups excluding carboxylic acids is 1. The average molecular weight is 490 g/mol. The van der Waals surface area contributed by atoms with E-state index in [2.05, 4.69) is 5.10 Å². The summed E-state index contributed by atoms with van der Waals surface area (Å²) in [5.41, 5.74) is 3.21. The van der Waals surface area contributed by atoms with Gasteiger partial charge in [0.15, 0.2) is 17.3 Å². The quantitative estimate of drug-likeness (QED) is 0.179. The highest BCUT2D eigenvalue weighted by molar-refractivity contribution is 5.91.